The number of methoxy groups -OCH3 is 1. The molecule has 4 bridgehead atoms. The van der Waals surface area contributed by atoms with Gasteiger partial charge in [0.25, 0.3) is 0 Å². The van der Waals surface area contributed by atoms with Crippen molar-refractivity contribution >= 4 is 35.5 Å². The lowest BCUT2D eigenvalue weighted by Crippen LogP contribution is -2.59. The molecule has 2 aliphatic rings. The van der Waals surface area contributed by atoms with Crippen LogP contribution in [-0.2, 0) is 48.0 Å². The molecule has 6 N–H and O–H groups in total. The van der Waals surface area contributed by atoms with Crippen LogP contribution in [0.5, 0.6) is 23.0 Å². The van der Waals surface area contributed by atoms with Crippen molar-refractivity contribution in [2.75, 3.05) is 28.3 Å². The maximum absolute atomic E-state index is 13.9. The second-order valence-corrected chi connectivity index (χ2v) is 13.8. The number of phenolic OH excluding ortho intramolecular Hbond substituents is 1. The number of fused-ring (bicyclic) bond motifs is 19. The first kappa shape index (κ1) is 42.6. The van der Waals surface area contributed by atoms with Crippen molar-refractivity contribution in [2.24, 2.45) is 0 Å². The fourth-order valence-electron chi connectivity index (χ4n) is 6.22. The van der Waals surface area contributed by atoms with Crippen LogP contribution in [0, 0.1) is 0 Å². The minimum atomic E-state index is -1.31. The Balaban J connectivity index is 1.69. The molecule has 6 atom stereocenters. The summed E-state index contributed by atoms with van der Waals surface area (Å²) in [5.74, 6) is -3.55. The van der Waals surface area contributed by atoms with Gasteiger partial charge in [0, 0.05) is 26.9 Å². The molecule has 0 unspecified atom stereocenters. The van der Waals surface area contributed by atoms with Gasteiger partial charge >= 0.3 is 5.97 Å². The average Bonchev–Trinajstić information content (AvgIpc) is 3.18. The molecule has 3 aromatic carbocycles. The van der Waals surface area contributed by atoms with Crippen LogP contribution in [0.4, 0.5) is 0 Å². The Bertz CT molecular complexity index is 1900. The number of hydrogen-bond donors (Lipinski definition) is 6. The molecule has 16 heteroatoms. The third-order valence-corrected chi connectivity index (χ3v) is 9.73. The summed E-state index contributed by atoms with van der Waals surface area (Å²) in [5, 5.41) is 31.5. The van der Waals surface area contributed by atoms with E-state index in [-0.39, 0.29) is 30.8 Å². The van der Waals surface area contributed by atoms with Crippen LogP contribution < -0.4 is 30.7 Å². The third kappa shape index (κ3) is 10.7. The van der Waals surface area contributed by atoms with Gasteiger partial charge in [-0.15, -0.1) is 0 Å². The van der Waals surface area contributed by atoms with Gasteiger partial charge in [-0.25, -0.2) is 4.79 Å². The largest absolute Gasteiger partial charge is 0.504 e. The van der Waals surface area contributed by atoms with E-state index in [9.17, 15) is 39.0 Å². The Labute approximate surface area is 325 Å². The molecule has 56 heavy (non-hydrogen) atoms. The number of aromatic hydroxyl groups is 1. The van der Waals surface area contributed by atoms with Crippen molar-refractivity contribution in [3.8, 4) is 23.0 Å². The van der Waals surface area contributed by atoms with Crippen LogP contribution in [0.1, 0.15) is 37.5 Å². The van der Waals surface area contributed by atoms with Crippen molar-refractivity contribution in [1.29, 1.82) is 0 Å². The molecule has 300 valence electrons. The number of amides is 5. The molecule has 0 saturated heterocycles. The van der Waals surface area contributed by atoms with E-state index < -0.39 is 71.8 Å². The van der Waals surface area contributed by atoms with Gasteiger partial charge in [0.05, 0.1) is 13.2 Å². The molecular weight excluding hydrogens is 724 g/mol. The minimum absolute atomic E-state index is 0.0212. The summed E-state index contributed by atoms with van der Waals surface area (Å²) in [4.78, 5) is 82.6. The molecule has 2 heterocycles. The normalized spacial score (nSPS) is 23.4. The summed E-state index contributed by atoms with van der Waals surface area (Å²) in [6.07, 6.45) is 0.102. The number of nitrogens with zero attached hydrogens (tertiary/aromatic N) is 2. The van der Waals surface area contributed by atoms with Gasteiger partial charge in [0.15, 0.2) is 11.5 Å². The number of ether oxygens (including phenoxy) is 2. The fraction of sp³-hybridized carbons (Fsp3) is 0.400. The van der Waals surface area contributed by atoms with Crippen LogP contribution in [-0.4, -0.2) is 120 Å². The van der Waals surface area contributed by atoms with E-state index in [1.54, 1.807) is 67.7 Å². The lowest BCUT2D eigenvalue weighted by atomic mass is 10.0. The summed E-state index contributed by atoms with van der Waals surface area (Å²) < 4.78 is 11.2. The Hall–Kier alpha value is -6.16. The van der Waals surface area contributed by atoms with Gasteiger partial charge in [-0.05, 0) is 87.3 Å². The summed E-state index contributed by atoms with van der Waals surface area (Å²) in [6.45, 7) is 4.34. The van der Waals surface area contributed by atoms with Gasteiger partial charge in [-0.2, -0.15) is 0 Å². The van der Waals surface area contributed by atoms with Gasteiger partial charge in [-0.1, -0.05) is 30.3 Å². The van der Waals surface area contributed by atoms with Crippen molar-refractivity contribution in [2.45, 2.75) is 76.3 Å². The first-order valence-electron chi connectivity index (χ1n) is 18.1. The number of likely N-dealkylation sites (N-methyl/N-ethyl adjacent to an activating group) is 3. The van der Waals surface area contributed by atoms with E-state index in [2.05, 4.69) is 21.3 Å². The highest BCUT2D eigenvalue weighted by Crippen LogP contribution is 2.32. The predicted molar refractivity (Wildman–Crippen MR) is 205 cm³/mol. The smallest absolute Gasteiger partial charge is 0.326 e. The Morgan fingerprint density at radius 1 is 0.786 bits per heavy atom. The summed E-state index contributed by atoms with van der Waals surface area (Å²) in [5.41, 5.74) is 1.86. The Morgan fingerprint density at radius 2 is 1.36 bits per heavy atom. The third-order valence-electron chi connectivity index (χ3n) is 9.73. The summed E-state index contributed by atoms with van der Waals surface area (Å²) >= 11 is 0. The number of hydrogen-bond acceptors (Lipinski definition) is 10. The molecule has 5 amide bonds. The van der Waals surface area contributed by atoms with Gasteiger partial charge in [0.2, 0.25) is 29.5 Å². The number of phenols is 1. The molecule has 2 aliphatic heterocycles. The number of rotatable bonds is 5. The Kier molecular flexibility index (Phi) is 14.4. The maximum Gasteiger partial charge on any atom is 0.326 e. The molecule has 3 aromatic rings. The van der Waals surface area contributed by atoms with E-state index in [0.717, 1.165) is 4.90 Å². The van der Waals surface area contributed by atoms with E-state index >= 15 is 0 Å². The predicted octanol–water partition coefficient (Wildman–Crippen LogP) is 1.38. The van der Waals surface area contributed by atoms with Crippen molar-refractivity contribution in [3.05, 3.63) is 83.4 Å². The fourth-order valence-corrected chi connectivity index (χ4v) is 6.22. The molecule has 0 saturated carbocycles. The van der Waals surface area contributed by atoms with Crippen LogP contribution >= 0.6 is 0 Å². The number of carbonyl (C=O) groups excluding carboxylic acids is 5. The highest BCUT2D eigenvalue weighted by atomic mass is 16.5. The topological polar surface area (TPSA) is 216 Å². The SMILES string of the molecule is CN[C@H]1Cc2ccc(O)c(c2)Oc2ccc(cc2)C[C@@H](C(=O)O)N(C)C(=O)[C@H](C)NC(=O)[C@H](Cc2ccc(OC)cc2)N(C)C(=O)[C@H](C)NC(=O)[C@H](C)NC1=O. The second-order valence-electron chi connectivity index (χ2n) is 13.8. The van der Waals surface area contributed by atoms with Crippen LogP contribution in [0.3, 0.4) is 0 Å². The zero-order valence-corrected chi connectivity index (χ0v) is 32.5. The highest BCUT2D eigenvalue weighted by molar-refractivity contribution is 5.96. The monoisotopic (exact) mass is 774 g/mol. The number of carbonyl (C=O) groups is 6. The number of carboxylic acid groups (broad SMARTS) is 1. The molecule has 0 spiro atoms. The quantitative estimate of drug-likeness (QED) is 0.204. The highest BCUT2D eigenvalue weighted by Gasteiger charge is 2.35. The molecule has 0 fully saturated rings. The molecule has 0 aromatic heterocycles. The van der Waals surface area contributed by atoms with E-state index in [4.69, 9.17) is 9.47 Å². The van der Waals surface area contributed by atoms with Gasteiger partial charge in [0.1, 0.15) is 41.7 Å². The molecular formula is C40H50N6O10. The van der Waals surface area contributed by atoms with Crippen molar-refractivity contribution < 1.29 is 48.5 Å². The van der Waals surface area contributed by atoms with Crippen LogP contribution in [0.2, 0.25) is 0 Å². The van der Waals surface area contributed by atoms with E-state index in [1.165, 1.54) is 52.9 Å². The standard InChI is InChI=1S/C40H50N6O10/c1-22-35(48)43-23(2)38(51)45(5)31(19-25-8-13-28(55-7)14-9-25)37(50)44-24(3)39(52)46(6)32(40(53)54)20-26-10-15-29(16-11-26)56-34-21-27(12-17-33(34)47)18-30(41-4)36(49)42-22/h8-17,21-24,30-32,41,47H,18-20H2,1-7H3,(H,42,49)(H,43,48)(H,44,50)(H,53,54)/t22-,23-,24-,30-,31-,32-/m0/s1. The maximum atomic E-state index is 13.9. The first-order chi connectivity index (χ1) is 26.5. The van der Waals surface area contributed by atoms with E-state index in [1.807, 2.05) is 0 Å². The van der Waals surface area contributed by atoms with Gasteiger partial charge < -0.3 is 50.8 Å². The Morgan fingerprint density at radius 3 is 1.95 bits per heavy atom. The zero-order chi connectivity index (χ0) is 41.3. The first-order valence-corrected chi connectivity index (χ1v) is 18.1. The summed E-state index contributed by atoms with van der Waals surface area (Å²) in [7, 11) is 5.84. The van der Waals surface area contributed by atoms with E-state index in [0.29, 0.717) is 28.2 Å². The lowest BCUT2D eigenvalue weighted by molar-refractivity contribution is -0.150. The average molecular weight is 775 g/mol. The van der Waals surface area contributed by atoms with Crippen LogP contribution in [0.25, 0.3) is 0 Å². The molecule has 0 radical (unpaired) electrons. The molecule has 0 aliphatic carbocycles. The van der Waals surface area contributed by atoms with Crippen molar-refractivity contribution in [1.82, 2.24) is 31.1 Å². The van der Waals surface area contributed by atoms with Gasteiger partial charge in [-0.3, -0.25) is 24.0 Å². The number of aliphatic carboxylic acids is 1. The van der Waals surface area contributed by atoms with Crippen LogP contribution in [0.15, 0.2) is 66.7 Å². The second kappa shape index (κ2) is 18.9. The number of carboxylic acids is 1. The number of nitrogens with one attached hydrogen (secondary N) is 4. The minimum Gasteiger partial charge on any atom is -0.504 e. The zero-order valence-electron chi connectivity index (χ0n) is 32.5. The number of benzene rings is 3. The molecule has 16 nitrogen and oxygen atoms in total. The lowest BCUT2D eigenvalue weighted by Gasteiger charge is -2.32. The van der Waals surface area contributed by atoms with Crippen molar-refractivity contribution in [3.63, 3.8) is 0 Å². The summed E-state index contributed by atoms with van der Waals surface area (Å²) in [6, 6.07) is 11.3. The molecule has 5 rings (SSSR count).